The van der Waals surface area contributed by atoms with Crippen LogP contribution in [0.2, 0.25) is 0 Å². The molecule has 0 aliphatic rings. The molecule has 0 atom stereocenters. The molecule has 0 aliphatic carbocycles. The molecule has 0 bridgehead atoms. The lowest BCUT2D eigenvalue weighted by molar-refractivity contribution is -0.276. The number of halogens is 6. The highest BCUT2D eigenvalue weighted by Crippen LogP contribution is 2.34. The summed E-state index contributed by atoms with van der Waals surface area (Å²) in [6.07, 6.45) is -5.24. The third-order valence-electron chi connectivity index (χ3n) is 3.73. The van der Waals surface area contributed by atoms with E-state index in [1.54, 1.807) is 0 Å². The van der Waals surface area contributed by atoms with Gasteiger partial charge in [-0.1, -0.05) is 24.0 Å². The molecular weight excluding hydrogens is 386 g/mol. The second-order valence-electron chi connectivity index (χ2n) is 5.55. The van der Waals surface area contributed by atoms with Crippen LogP contribution in [0.5, 0.6) is 11.5 Å². The van der Waals surface area contributed by atoms with Crippen molar-refractivity contribution >= 4 is 10.8 Å². The zero-order chi connectivity index (χ0) is 20.5. The highest BCUT2D eigenvalue weighted by Gasteiger charge is 2.34. The molecule has 2 nitrogen and oxygen atoms in total. The Labute approximate surface area is 155 Å². The molecule has 0 radical (unpaired) electrons. The zero-order valence-corrected chi connectivity index (χ0v) is 14.1. The monoisotopic (exact) mass is 396 g/mol. The molecule has 0 heterocycles. The summed E-state index contributed by atoms with van der Waals surface area (Å²) in [6.45, 7) is 0. The first-order valence-corrected chi connectivity index (χ1v) is 7.71. The summed E-state index contributed by atoms with van der Waals surface area (Å²) < 4.78 is 87.4. The van der Waals surface area contributed by atoms with Crippen LogP contribution in [-0.4, -0.2) is 13.5 Å². The number of benzene rings is 3. The van der Waals surface area contributed by atoms with Crippen molar-refractivity contribution in [1.82, 2.24) is 0 Å². The minimum absolute atomic E-state index is 0.00335. The molecule has 0 saturated carbocycles. The van der Waals surface area contributed by atoms with E-state index in [4.69, 9.17) is 4.74 Å². The average Bonchev–Trinajstić information content (AvgIpc) is 2.63. The van der Waals surface area contributed by atoms with E-state index in [0.717, 1.165) is 6.07 Å². The predicted molar refractivity (Wildman–Crippen MR) is 89.5 cm³/mol. The summed E-state index contributed by atoms with van der Waals surface area (Å²) in [6, 6.07) is 8.56. The molecule has 8 heteroatoms. The van der Waals surface area contributed by atoms with Gasteiger partial charge in [0.15, 0.2) is 11.6 Å². The van der Waals surface area contributed by atoms with Crippen molar-refractivity contribution in [2.75, 3.05) is 7.11 Å². The van der Waals surface area contributed by atoms with Crippen LogP contribution >= 0.6 is 0 Å². The fourth-order valence-electron chi connectivity index (χ4n) is 2.53. The summed E-state index contributed by atoms with van der Waals surface area (Å²) in [7, 11) is 1.35. The van der Waals surface area contributed by atoms with Gasteiger partial charge in [0.05, 0.1) is 7.11 Å². The van der Waals surface area contributed by atoms with E-state index in [1.165, 1.54) is 37.4 Å². The van der Waals surface area contributed by atoms with Crippen molar-refractivity contribution in [3.05, 3.63) is 71.0 Å². The fourth-order valence-corrected chi connectivity index (χ4v) is 2.53. The van der Waals surface area contributed by atoms with Gasteiger partial charge in [-0.3, -0.25) is 0 Å². The molecule has 3 aromatic rings. The maximum absolute atomic E-state index is 14.2. The Kier molecular flexibility index (Phi) is 5.10. The largest absolute Gasteiger partial charge is 0.573 e. The predicted octanol–water partition coefficient (Wildman–Crippen LogP) is 5.56. The van der Waals surface area contributed by atoms with Crippen LogP contribution in [0.15, 0.2) is 42.5 Å². The van der Waals surface area contributed by atoms with E-state index >= 15 is 0 Å². The molecule has 0 amide bonds. The van der Waals surface area contributed by atoms with Crippen LogP contribution in [0.25, 0.3) is 10.8 Å². The van der Waals surface area contributed by atoms with Gasteiger partial charge in [-0.2, -0.15) is 0 Å². The van der Waals surface area contributed by atoms with Crippen molar-refractivity contribution < 1.29 is 35.8 Å². The molecule has 0 N–H and O–H groups in total. The Bertz CT molecular complexity index is 1110. The molecule has 3 rings (SSSR count). The normalized spacial score (nSPS) is 11.1. The smallest absolute Gasteiger partial charge is 0.495 e. The van der Waals surface area contributed by atoms with Gasteiger partial charge < -0.3 is 9.47 Å². The number of rotatable bonds is 2. The molecule has 28 heavy (non-hydrogen) atoms. The van der Waals surface area contributed by atoms with E-state index in [1.807, 2.05) is 0 Å². The molecule has 0 unspecified atom stereocenters. The van der Waals surface area contributed by atoms with Crippen molar-refractivity contribution in [1.29, 1.82) is 0 Å². The Morgan fingerprint density at radius 2 is 1.64 bits per heavy atom. The summed E-state index contributed by atoms with van der Waals surface area (Å²) in [4.78, 5) is 0. The van der Waals surface area contributed by atoms with Crippen molar-refractivity contribution in [3.63, 3.8) is 0 Å². The second-order valence-corrected chi connectivity index (χ2v) is 5.55. The molecule has 0 saturated heterocycles. The van der Waals surface area contributed by atoms with Crippen molar-refractivity contribution in [3.8, 4) is 23.3 Å². The highest BCUT2D eigenvalue weighted by atomic mass is 19.4. The van der Waals surface area contributed by atoms with Gasteiger partial charge in [-0.25, -0.2) is 13.2 Å². The number of ether oxygens (including phenoxy) is 2. The second kappa shape index (κ2) is 7.35. The van der Waals surface area contributed by atoms with Crippen molar-refractivity contribution in [2.45, 2.75) is 6.36 Å². The summed E-state index contributed by atoms with van der Waals surface area (Å²) in [5.41, 5.74) is 0.262. The van der Waals surface area contributed by atoms with E-state index < -0.39 is 29.6 Å². The Morgan fingerprint density at radius 1 is 0.893 bits per heavy atom. The lowest BCUT2D eigenvalue weighted by Crippen LogP contribution is -2.19. The van der Waals surface area contributed by atoms with Gasteiger partial charge in [-0.05, 0) is 35.7 Å². The van der Waals surface area contributed by atoms with E-state index in [2.05, 4.69) is 16.6 Å². The lowest BCUT2D eigenvalue weighted by atomic mass is 10.1. The average molecular weight is 396 g/mol. The van der Waals surface area contributed by atoms with Gasteiger partial charge in [0.2, 0.25) is 5.75 Å². The highest BCUT2D eigenvalue weighted by molar-refractivity contribution is 5.86. The van der Waals surface area contributed by atoms with Crippen LogP contribution in [0.4, 0.5) is 26.3 Å². The lowest BCUT2D eigenvalue weighted by Gasteiger charge is -2.12. The van der Waals surface area contributed by atoms with Gasteiger partial charge in [0, 0.05) is 10.9 Å². The van der Waals surface area contributed by atoms with Crippen LogP contribution in [0.3, 0.4) is 0 Å². The molecule has 0 fully saturated rings. The van der Waals surface area contributed by atoms with Gasteiger partial charge >= 0.3 is 6.36 Å². The van der Waals surface area contributed by atoms with Crippen LogP contribution in [-0.2, 0) is 0 Å². The molecule has 3 aromatic carbocycles. The van der Waals surface area contributed by atoms with Gasteiger partial charge in [-0.15, -0.1) is 13.2 Å². The third kappa shape index (κ3) is 3.98. The molecule has 0 aromatic heterocycles. The minimum Gasteiger partial charge on any atom is -0.495 e. The Balaban J connectivity index is 2.05. The first-order chi connectivity index (χ1) is 13.2. The standard InChI is InChI=1S/C20H10F6O2/c1-27-17-4-2-3-15(21)14(17)8-6-11-5-7-13-12(9-11)10-16(22)19(18(13)23)28-20(24,25)26/h2-5,7,9-10H,1H3. The van der Waals surface area contributed by atoms with Crippen molar-refractivity contribution in [2.24, 2.45) is 0 Å². The van der Waals surface area contributed by atoms with Crippen LogP contribution < -0.4 is 9.47 Å². The maximum Gasteiger partial charge on any atom is 0.573 e. The third-order valence-corrected chi connectivity index (χ3v) is 3.73. The van der Waals surface area contributed by atoms with E-state index in [-0.39, 0.29) is 27.6 Å². The Hall–Kier alpha value is -3.34. The quantitative estimate of drug-likeness (QED) is 0.417. The van der Waals surface area contributed by atoms with Gasteiger partial charge in [0.1, 0.15) is 17.1 Å². The zero-order valence-electron chi connectivity index (χ0n) is 14.1. The fraction of sp³-hybridized carbons (Fsp3) is 0.100. The Morgan fingerprint density at radius 3 is 2.32 bits per heavy atom. The molecule has 144 valence electrons. The number of methoxy groups -OCH3 is 1. The number of alkyl halides is 3. The van der Waals surface area contributed by atoms with E-state index in [9.17, 15) is 26.3 Å². The molecule has 0 spiro atoms. The number of fused-ring (bicyclic) bond motifs is 1. The SMILES string of the molecule is COc1cccc(F)c1C#Cc1ccc2c(F)c(OC(F)(F)F)c(F)cc2c1. The van der Waals surface area contributed by atoms with Crippen LogP contribution in [0.1, 0.15) is 11.1 Å². The first-order valence-electron chi connectivity index (χ1n) is 7.71. The number of hydrogen-bond donors (Lipinski definition) is 0. The van der Waals surface area contributed by atoms with Gasteiger partial charge in [0.25, 0.3) is 0 Å². The number of hydrogen-bond acceptors (Lipinski definition) is 2. The summed E-state index contributed by atoms with van der Waals surface area (Å²) >= 11 is 0. The minimum atomic E-state index is -5.24. The molecular formula is C20H10F6O2. The maximum atomic E-state index is 14.2. The van der Waals surface area contributed by atoms with Crippen LogP contribution in [0, 0.1) is 29.3 Å². The summed E-state index contributed by atoms with van der Waals surface area (Å²) in [5.74, 6) is 0.277. The summed E-state index contributed by atoms with van der Waals surface area (Å²) in [5, 5.41) is -0.313. The van der Waals surface area contributed by atoms with E-state index in [0.29, 0.717) is 6.07 Å². The topological polar surface area (TPSA) is 18.5 Å². The first kappa shape index (κ1) is 19.4. The molecule has 0 aliphatic heterocycles.